The molecule has 2 saturated carbocycles. The van der Waals surface area contributed by atoms with Crippen LogP contribution in [0.3, 0.4) is 0 Å². The Hall–Kier alpha value is -2.01. The molecule has 156 valence electrons. The van der Waals surface area contributed by atoms with Gasteiger partial charge in [-0.15, -0.1) is 0 Å². The van der Waals surface area contributed by atoms with E-state index < -0.39 is 0 Å². The average Bonchev–Trinajstić information content (AvgIpc) is 2.74. The smallest absolute Gasteiger partial charge is 0.338 e. The summed E-state index contributed by atoms with van der Waals surface area (Å²) in [4.78, 5) is 12.3. The predicted molar refractivity (Wildman–Crippen MR) is 120 cm³/mol. The van der Waals surface area contributed by atoms with Crippen LogP contribution >= 0.6 is 0 Å². The topological polar surface area (TPSA) is 26.3 Å². The second-order valence-corrected chi connectivity index (χ2v) is 8.96. The lowest BCUT2D eigenvalue weighted by Gasteiger charge is -2.26. The molecule has 29 heavy (non-hydrogen) atoms. The van der Waals surface area contributed by atoms with Crippen LogP contribution in [0.2, 0.25) is 0 Å². The molecule has 0 amide bonds. The molecule has 0 bridgehead atoms. The quantitative estimate of drug-likeness (QED) is 0.403. The van der Waals surface area contributed by atoms with Crippen molar-refractivity contribution in [3.8, 4) is 11.8 Å². The number of carbonyl (C=O) groups is 1. The number of carbonyl (C=O) groups excluding carboxylic acids is 1. The van der Waals surface area contributed by atoms with Crippen molar-refractivity contribution in [3.05, 3.63) is 47.5 Å². The molecule has 1 aromatic carbocycles. The van der Waals surface area contributed by atoms with E-state index in [0.717, 1.165) is 43.1 Å². The molecule has 0 N–H and O–H groups in total. The van der Waals surface area contributed by atoms with Gasteiger partial charge in [-0.05, 0) is 88.3 Å². The van der Waals surface area contributed by atoms with Crippen LogP contribution in [-0.4, -0.2) is 12.1 Å². The van der Waals surface area contributed by atoms with Crippen LogP contribution in [0.15, 0.2) is 36.4 Å². The van der Waals surface area contributed by atoms with Crippen LogP contribution in [0.25, 0.3) is 0 Å². The maximum Gasteiger partial charge on any atom is 0.338 e. The number of hydrogen-bond acceptors (Lipinski definition) is 2. The Morgan fingerprint density at radius 2 is 1.72 bits per heavy atom. The zero-order chi connectivity index (χ0) is 20.5. The van der Waals surface area contributed by atoms with Crippen LogP contribution in [0.1, 0.15) is 87.1 Å². The number of aryl methyl sites for hydroxylation is 1. The number of ether oxygens (including phenoxy) is 1. The second-order valence-electron chi connectivity index (χ2n) is 8.96. The molecule has 2 nitrogen and oxygen atoms in total. The van der Waals surface area contributed by atoms with Crippen LogP contribution in [-0.2, 0) is 4.74 Å². The van der Waals surface area contributed by atoms with Crippen LogP contribution in [0, 0.1) is 36.5 Å². The third-order valence-corrected chi connectivity index (χ3v) is 6.56. The Kier molecular flexibility index (Phi) is 8.41. The highest BCUT2D eigenvalue weighted by Crippen LogP contribution is 2.32. The minimum absolute atomic E-state index is 0.0377. The number of allylic oxidation sites excluding steroid dienone is 2. The first-order valence-corrected chi connectivity index (χ1v) is 11.6. The molecule has 0 heterocycles. The largest absolute Gasteiger partial charge is 0.459 e. The fourth-order valence-electron chi connectivity index (χ4n) is 4.66. The molecular formula is C27H36O2. The van der Waals surface area contributed by atoms with Gasteiger partial charge in [-0.25, -0.2) is 4.79 Å². The van der Waals surface area contributed by atoms with E-state index in [1.165, 1.54) is 38.5 Å². The van der Waals surface area contributed by atoms with Crippen molar-refractivity contribution in [3.63, 3.8) is 0 Å². The molecule has 1 aromatic rings. The summed E-state index contributed by atoms with van der Waals surface area (Å²) in [7, 11) is 0. The number of esters is 1. The van der Waals surface area contributed by atoms with Gasteiger partial charge in [0.15, 0.2) is 0 Å². The molecule has 2 heteroatoms. The molecule has 2 aliphatic carbocycles. The third-order valence-electron chi connectivity index (χ3n) is 6.56. The van der Waals surface area contributed by atoms with Crippen LogP contribution in [0.4, 0.5) is 0 Å². The summed E-state index contributed by atoms with van der Waals surface area (Å²) in [5, 5.41) is 0. The van der Waals surface area contributed by atoms with Crippen molar-refractivity contribution in [2.24, 2.45) is 17.8 Å². The van der Waals surface area contributed by atoms with E-state index in [9.17, 15) is 4.79 Å². The molecule has 0 aliphatic heterocycles. The minimum Gasteiger partial charge on any atom is -0.459 e. The Morgan fingerprint density at radius 3 is 2.38 bits per heavy atom. The highest BCUT2D eigenvalue weighted by atomic mass is 16.5. The molecule has 0 saturated heterocycles. The SMILES string of the molecule is CCCC1CCC(C=CC#CC2CCC(OC(=O)c3ccc(C)cc3)CC2)CC1. The van der Waals surface area contributed by atoms with Gasteiger partial charge in [0.25, 0.3) is 0 Å². The number of hydrogen-bond donors (Lipinski definition) is 0. The average molecular weight is 393 g/mol. The minimum atomic E-state index is -0.198. The van der Waals surface area contributed by atoms with Gasteiger partial charge in [0.05, 0.1) is 5.56 Å². The van der Waals surface area contributed by atoms with Crippen molar-refractivity contribution in [1.29, 1.82) is 0 Å². The Morgan fingerprint density at radius 1 is 1.03 bits per heavy atom. The Bertz CT molecular complexity index is 718. The van der Waals surface area contributed by atoms with Gasteiger partial charge in [-0.1, -0.05) is 55.4 Å². The first-order chi connectivity index (χ1) is 14.1. The van der Waals surface area contributed by atoms with E-state index in [-0.39, 0.29) is 12.1 Å². The second kappa shape index (κ2) is 11.2. The Labute approximate surface area is 177 Å². The van der Waals surface area contributed by atoms with Crippen molar-refractivity contribution < 1.29 is 9.53 Å². The summed E-state index contributed by atoms with van der Waals surface area (Å²) in [5.41, 5.74) is 1.80. The van der Waals surface area contributed by atoms with Gasteiger partial charge in [0.2, 0.25) is 0 Å². The van der Waals surface area contributed by atoms with Gasteiger partial charge >= 0.3 is 5.97 Å². The lowest BCUT2D eigenvalue weighted by molar-refractivity contribution is 0.0188. The molecule has 3 rings (SSSR count). The third kappa shape index (κ3) is 7.07. The molecule has 0 atom stereocenters. The summed E-state index contributed by atoms with van der Waals surface area (Å²) in [6.07, 6.45) is 16.5. The normalized spacial score (nSPS) is 27.2. The van der Waals surface area contributed by atoms with Crippen molar-refractivity contribution in [2.45, 2.75) is 84.2 Å². The molecule has 2 fully saturated rings. The highest BCUT2D eigenvalue weighted by Gasteiger charge is 2.23. The lowest BCUT2D eigenvalue weighted by atomic mass is 9.80. The molecule has 2 aliphatic rings. The van der Waals surface area contributed by atoms with E-state index in [2.05, 4.69) is 30.9 Å². The van der Waals surface area contributed by atoms with E-state index in [0.29, 0.717) is 11.5 Å². The maximum atomic E-state index is 12.3. The van der Waals surface area contributed by atoms with E-state index in [1.807, 2.05) is 31.2 Å². The monoisotopic (exact) mass is 392 g/mol. The van der Waals surface area contributed by atoms with E-state index in [4.69, 9.17) is 4.74 Å². The summed E-state index contributed by atoms with van der Waals surface area (Å²) < 4.78 is 5.70. The first-order valence-electron chi connectivity index (χ1n) is 11.6. The summed E-state index contributed by atoms with van der Waals surface area (Å²) in [5.74, 6) is 8.65. The molecule has 0 unspecified atom stereocenters. The van der Waals surface area contributed by atoms with Gasteiger partial charge in [0, 0.05) is 5.92 Å². The van der Waals surface area contributed by atoms with E-state index in [1.54, 1.807) is 0 Å². The highest BCUT2D eigenvalue weighted by molar-refractivity contribution is 5.89. The van der Waals surface area contributed by atoms with Crippen molar-refractivity contribution in [2.75, 3.05) is 0 Å². The van der Waals surface area contributed by atoms with Crippen molar-refractivity contribution in [1.82, 2.24) is 0 Å². The molecular weight excluding hydrogens is 356 g/mol. The van der Waals surface area contributed by atoms with Gasteiger partial charge < -0.3 is 4.74 Å². The zero-order valence-corrected chi connectivity index (χ0v) is 18.2. The summed E-state index contributed by atoms with van der Waals surface area (Å²) in [6, 6.07) is 7.59. The standard InChI is InChI=1S/C27H36O2/c1-3-6-22-11-13-23(14-12-22)7-4-5-8-24-15-19-26(20-16-24)29-27(28)25-17-9-21(2)10-18-25/h4,7,9-10,17-18,22-24,26H,3,6,11-16,19-20H2,1-2H3. The van der Waals surface area contributed by atoms with E-state index >= 15 is 0 Å². The summed E-state index contributed by atoms with van der Waals surface area (Å²) in [6.45, 7) is 4.31. The van der Waals surface area contributed by atoms with Crippen LogP contribution < -0.4 is 0 Å². The zero-order valence-electron chi connectivity index (χ0n) is 18.2. The van der Waals surface area contributed by atoms with Crippen LogP contribution in [0.5, 0.6) is 0 Å². The first kappa shape index (κ1) is 21.7. The predicted octanol–water partition coefficient (Wildman–Crippen LogP) is 6.88. The fourth-order valence-corrected chi connectivity index (χ4v) is 4.66. The maximum absolute atomic E-state index is 12.3. The van der Waals surface area contributed by atoms with Gasteiger partial charge in [-0.2, -0.15) is 0 Å². The number of benzene rings is 1. The molecule has 0 spiro atoms. The lowest BCUT2D eigenvalue weighted by Crippen LogP contribution is -2.24. The Balaban J connectivity index is 1.36. The van der Waals surface area contributed by atoms with Crippen molar-refractivity contribution >= 4 is 5.97 Å². The van der Waals surface area contributed by atoms with Gasteiger partial charge in [0.1, 0.15) is 6.10 Å². The van der Waals surface area contributed by atoms with Gasteiger partial charge in [-0.3, -0.25) is 0 Å². The number of rotatable bonds is 5. The summed E-state index contributed by atoms with van der Waals surface area (Å²) >= 11 is 0. The fraction of sp³-hybridized carbons (Fsp3) is 0.593. The molecule has 0 aromatic heterocycles. The molecule has 0 radical (unpaired) electrons.